The van der Waals surface area contributed by atoms with Gasteiger partial charge in [0.05, 0.1) is 23.0 Å². The third-order valence-electron chi connectivity index (χ3n) is 3.95. The molecule has 0 unspecified atom stereocenters. The average molecular weight is 462 g/mol. The molecule has 30 heavy (non-hydrogen) atoms. The smallest absolute Gasteiger partial charge is 0.244 e. The fraction of sp³-hybridized carbons (Fsp3) is 0.200. The number of nitrogens with one attached hydrogen (secondary N) is 2. The van der Waals surface area contributed by atoms with Crippen LogP contribution in [0.3, 0.4) is 0 Å². The van der Waals surface area contributed by atoms with E-state index in [0.29, 0.717) is 20.2 Å². The molecule has 0 aliphatic heterocycles. The van der Waals surface area contributed by atoms with E-state index in [2.05, 4.69) is 20.8 Å². The van der Waals surface area contributed by atoms with Gasteiger partial charge in [-0.1, -0.05) is 59.0 Å². The number of aromatic nitrogens is 2. The monoisotopic (exact) mass is 461 g/mol. The minimum atomic E-state index is -0.315. The first-order valence-electron chi connectivity index (χ1n) is 8.99. The zero-order valence-electron chi connectivity index (χ0n) is 16.4. The van der Waals surface area contributed by atoms with Crippen molar-refractivity contribution < 1.29 is 9.59 Å². The molecule has 1 aromatic heterocycles. The molecular formula is C20H20ClN5O2S2. The fourth-order valence-corrected chi connectivity index (χ4v) is 4.35. The lowest BCUT2D eigenvalue weighted by Gasteiger charge is -2.16. The Morgan fingerprint density at radius 2 is 1.97 bits per heavy atom. The molecule has 0 radical (unpaired) electrons. The van der Waals surface area contributed by atoms with E-state index in [1.54, 1.807) is 31.3 Å². The summed E-state index contributed by atoms with van der Waals surface area (Å²) in [6.07, 6.45) is 0. The van der Waals surface area contributed by atoms with Gasteiger partial charge in [0.2, 0.25) is 16.9 Å². The minimum Gasteiger partial charge on any atom is -0.336 e. The molecule has 3 rings (SSSR count). The normalized spacial score (nSPS) is 10.5. The molecule has 2 aromatic carbocycles. The predicted molar refractivity (Wildman–Crippen MR) is 123 cm³/mol. The number of benzene rings is 2. The molecular weight excluding hydrogens is 442 g/mol. The maximum absolute atomic E-state index is 12.3. The highest BCUT2D eigenvalue weighted by molar-refractivity contribution is 8.01. The number of anilines is 3. The molecule has 0 aliphatic carbocycles. The number of carbonyl (C=O) groups is 2. The average Bonchev–Trinajstić information content (AvgIpc) is 3.15. The van der Waals surface area contributed by atoms with E-state index in [1.165, 1.54) is 28.0 Å². The summed E-state index contributed by atoms with van der Waals surface area (Å²) >= 11 is 8.69. The molecule has 2 amide bonds. The minimum absolute atomic E-state index is 0.0686. The van der Waals surface area contributed by atoms with Gasteiger partial charge in [-0.15, -0.1) is 10.2 Å². The zero-order chi connectivity index (χ0) is 21.5. The highest BCUT2D eigenvalue weighted by Crippen LogP contribution is 2.28. The Morgan fingerprint density at radius 3 is 2.73 bits per heavy atom. The van der Waals surface area contributed by atoms with Crippen LogP contribution in [0.4, 0.5) is 16.5 Å². The Bertz CT molecular complexity index is 1040. The van der Waals surface area contributed by atoms with Gasteiger partial charge in [-0.3, -0.25) is 9.59 Å². The van der Waals surface area contributed by atoms with Crippen molar-refractivity contribution in [3.05, 3.63) is 59.1 Å². The zero-order valence-corrected chi connectivity index (χ0v) is 18.8. The van der Waals surface area contributed by atoms with E-state index in [-0.39, 0.29) is 24.1 Å². The number of rotatable bonds is 8. The van der Waals surface area contributed by atoms with E-state index in [0.717, 1.165) is 11.3 Å². The van der Waals surface area contributed by atoms with E-state index < -0.39 is 0 Å². The summed E-state index contributed by atoms with van der Waals surface area (Å²) < 4.78 is 0.674. The van der Waals surface area contributed by atoms with Crippen molar-refractivity contribution in [1.82, 2.24) is 15.1 Å². The first-order valence-corrected chi connectivity index (χ1v) is 11.2. The van der Waals surface area contributed by atoms with Crippen LogP contribution in [0.2, 0.25) is 5.02 Å². The lowest BCUT2D eigenvalue weighted by atomic mass is 10.2. The van der Waals surface area contributed by atoms with Gasteiger partial charge in [-0.05, 0) is 36.8 Å². The molecule has 0 aliphatic rings. The number of hydrogen-bond acceptors (Lipinski definition) is 7. The van der Waals surface area contributed by atoms with Crippen molar-refractivity contribution >= 4 is 63.0 Å². The van der Waals surface area contributed by atoms with Crippen LogP contribution in [0.5, 0.6) is 0 Å². The molecule has 0 saturated heterocycles. The van der Waals surface area contributed by atoms with Gasteiger partial charge in [-0.2, -0.15) is 0 Å². The topological polar surface area (TPSA) is 87.2 Å². The van der Waals surface area contributed by atoms with Gasteiger partial charge in [0, 0.05) is 12.7 Å². The van der Waals surface area contributed by atoms with Crippen LogP contribution in [0.15, 0.2) is 52.9 Å². The van der Waals surface area contributed by atoms with Gasteiger partial charge in [0.15, 0.2) is 4.34 Å². The van der Waals surface area contributed by atoms with E-state index in [9.17, 15) is 9.59 Å². The van der Waals surface area contributed by atoms with Gasteiger partial charge >= 0.3 is 0 Å². The Balaban J connectivity index is 1.46. The van der Waals surface area contributed by atoms with Gasteiger partial charge in [-0.25, -0.2) is 0 Å². The van der Waals surface area contributed by atoms with Crippen molar-refractivity contribution in [2.75, 3.05) is 30.0 Å². The number of thioether (sulfide) groups is 1. The van der Waals surface area contributed by atoms with Crippen molar-refractivity contribution in [2.45, 2.75) is 11.3 Å². The summed E-state index contributed by atoms with van der Waals surface area (Å²) in [5.41, 5.74) is 2.59. The van der Waals surface area contributed by atoms with Crippen molar-refractivity contribution in [1.29, 1.82) is 0 Å². The Morgan fingerprint density at radius 1 is 1.17 bits per heavy atom. The summed E-state index contributed by atoms with van der Waals surface area (Å²) in [7, 11) is 1.58. The highest BCUT2D eigenvalue weighted by Gasteiger charge is 2.15. The van der Waals surface area contributed by atoms with E-state index in [4.69, 9.17) is 11.6 Å². The maximum atomic E-state index is 12.3. The van der Waals surface area contributed by atoms with Crippen LogP contribution >= 0.6 is 34.7 Å². The molecule has 2 N–H and O–H groups in total. The molecule has 3 aromatic rings. The standard InChI is InChI=1S/C20H20ClN5O2S2/c1-13-6-5-7-14(10-13)22-19-24-25-20(30-19)29-12-18(28)26(2)11-17(27)23-16-9-4-3-8-15(16)21/h3-10H,11-12H2,1-2H3,(H,22,24)(H,23,27). The lowest BCUT2D eigenvalue weighted by molar-refractivity contribution is -0.131. The summed E-state index contributed by atoms with van der Waals surface area (Å²) in [4.78, 5) is 25.9. The third kappa shape index (κ3) is 6.45. The number of amides is 2. The first kappa shape index (κ1) is 22.1. The largest absolute Gasteiger partial charge is 0.336 e. The Hall–Kier alpha value is -2.62. The number of likely N-dealkylation sites (N-methyl/N-ethyl adjacent to an activating group) is 1. The van der Waals surface area contributed by atoms with E-state index in [1.807, 2.05) is 31.2 Å². The fourth-order valence-electron chi connectivity index (χ4n) is 2.45. The predicted octanol–water partition coefficient (Wildman–Crippen LogP) is 4.43. The molecule has 156 valence electrons. The highest BCUT2D eigenvalue weighted by atomic mass is 35.5. The molecule has 0 fully saturated rings. The Kier molecular flexibility index (Phi) is 7.67. The molecule has 1 heterocycles. The molecule has 0 spiro atoms. The summed E-state index contributed by atoms with van der Waals surface area (Å²) in [6.45, 7) is 1.95. The van der Waals surface area contributed by atoms with Crippen LogP contribution < -0.4 is 10.6 Å². The second kappa shape index (κ2) is 10.4. The van der Waals surface area contributed by atoms with Crippen LogP contribution in [-0.4, -0.2) is 46.3 Å². The Labute approximate surface area is 187 Å². The molecule has 0 saturated carbocycles. The van der Waals surface area contributed by atoms with Gasteiger partial charge in [0.1, 0.15) is 0 Å². The van der Waals surface area contributed by atoms with Gasteiger partial charge in [0.25, 0.3) is 0 Å². The number of para-hydroxylation sites is 1. The number of nitrogens with zero attached hydrogens (tertiary/aromatic N) is 3. The summed E-state index contributed by atoms with van der Waals surface area (Å²) in [5, 5.41) is 15.2. The number of carbonyl (C=O) groups excluding carboxylic acids is 2. The van der Waals surface area contributed by atoms with Crippen LogP contribution in [0.1, 0.15) is 5.56 Å². The molecule has 0 bridgehead atoms. The molecule has 10 heteroatoms. The second-order valence-corrected chi connectivity index (χ2v) is 9.04. The third-order valence-corrected chi connectivity index (χ3v) is 6.24. The number of halogens is 1. The van der Waals surface area contributed by atoms with Crippen molar-refractivity contribution in [3.8, 4) is 0 Å². The summed E-state index contributed by atoms with van der Waals surface area (Å²) in [5.74, 6) is -0.336. The lowest BCUT2D eigenvalue weighted by Crippen LogP contribution is -2.36. The van der Waals surface area contributed by atoms with Crippen LogP contribution in [0, 0.1) is 6.92 Å². The number of hydrogen-bond donors (Lipinski definition) is 2. The van der Waals surface area contributed by atoms with Crippen molar-refractivity contribution in [3.63, 3.8) is 0 Å². The quantitative estimate of drug-likeness (QED) is 0.482. The first-order chi connectivity index (χ1) is 14.4. The second-order valence-electron chi connectivity index (χ2n) is 6.43. The number of aryl methyl sites for hydroxylation is 1. The van der Waals surface area contributed by atoms with Gasteiger partial charge < -0.3 is 15.5 Å². The van der Waals surface area contributed by atoms with E-state index >= 15 is 0 Å². The SMILES string of the molecule is Cc1cccc(Nc2nnc(SCC(=O)N(C)CC(=O)Nc3ccccc3Cl)s2)c1. The van der Waals surface area contributed by atoms with Crippen LogP contribution in [-0.2, 0) is 9.59 Å². The van der Waals surface area contributed by atoms with Crippen LogP contribution in [0.25, 0.3) is 0 Å². The summed E-state index contributed by atoms with van der Waals surface area (Å²) in [6, 6.07) is 14.9. The maximum Gasteiger partial charge on any atom is 0.244 e. The molecule has 7 nitrogen and oxygen atoms in total. The van der Waals surface area contributed by atoms with Crippen molar-refractivity contribution in [2.24, 2.45) is 0 Å². The molecule has 0 atom stereocenters.